The predicted molar refractivity (Wildman–Crippen MR) is 135 cm³/mol. The second-order valence-corrected chi connectivity index (χ2v) is 8.07. The van der Waals surface area contributed by atoms with E-state index in [0.717, 1.165) is 28.6 Å². The molecular formula is C24H30ClN5O4. The van der Waals surface area contributed by atoms with E-state index in [2.05, 4.69) is 9.88 Å². The van der Waals surface area contributed by atoms with Gasteiger partial charge in [0.15, 0.2) is 6.61 Å². The van der Waals surface area contributed by atoms with Crippen LogP contribution in [0.15, 0.2) is 48.7 Å². The van der Waals surface area contributed by atoms with Gasteiger partial charge in [0.05, 0.1) is 0 Å². The quantitative estimate of drug-likeness (QED) is 0.472. The number of nitrogens with one attached hydrogen (secondary N) is 1. The highest BCUT2D eigenvalue weighted by atomic mass is 35.5. The van der Waals surface area contributed by atoms with E-state index < -0.39 is 6.09 Å². The van der Waals surface area contributed by atoms with Crippen molar-refractivity contribution >= 4 is 46.7 Å². The van der Waals surface area contributed by atoms with Crippen LogP contribution in [0.4, 0.5) is 16.2 Å². The molecule has 2 amide bonds. The van der Waals surface area contributed by atoms with Crippen LogP contribution in [-0.2, 0) is 11.2 Å². The lowest BCUT2D eigenvalue weighted by Gasteiger charge is -2.36. The number of nitrogens with zero attached hydrogens (tertiary/aromatic N) is 3. The molecule has 0 unspecified atom stereocenters. The molecule has 0 bridgehead atoms. The molecule has 182 valence electrons. The third-order valence-corrected chi connectivity index (χ3v) is 6.04. The third kappa shape index (κ3) is 5.55. The second kappa shape index (κ2) is 11.1. The van der Waals surface area contributed by atoms with Gasteiger partial charge in [-0.05, 0) is 61.0 Å². The molecule has 3 aromatic rings. The van der Waals surface area contributed by atoms with Gasteiger partial charge < -0.3 is 30.4 Å². The van der Waals surface area contributed by atoms with E-state index in [1.165, 1.54) is 11.9 Å². The maximum absolute atomic E-state index is 12.7. The van der Waals surface area contributed by atoms with Crippen molar-refractivity contribution in [3.05, 3.63) is 54.2 Å². The van der Waals surface area contributed by atoms with Crippen LogP contribution in [0.5, 0.6) is 5.75 Å². The van der Waals surface area contributed by atoms with Crippen molar-refractivity contribution in [1.82, 2.24) is 9.88 Å². The molecule has 1 saturated heterocycles. The summed E-state index contributed by atoms with van der Waals surface area (Å²) in [5.41, 5.74) is 9.47. The summed E-state index contributed by atoms with van der Waals surface area (Å²) in [4.78, 5) is 32.2. The summed E-state index contributed by atoms with van der Waals surface area (Å²) in [6.07, 6.45) is 1.75. The van der Waals surface area contributed by atoms with Crippen molar-refractivity contribution in [2.24, 2.45) is 5.73 Å². The maximum atomic E-state index is 12.7. The molecule has 0 aliphatic carbocycles. The Hall–Kier alpha value is -3.43. The van der Waals surface area contributed by atoms with Gasteiger partial charge in [-0.3, -0.25) is 9.69 Å². The van der Waals surface area contributed by atoms with Gasteiger partial charge in [0, 0.05) is 61.7 Å². The van der Waals surface area contributed by atoms with Crippen molar-refractivity contribution in [3.8, 4) is 5.75 Å². The zero-order chi connectivity index (χ0) is 23.4. The highest BCUT2D eigenvalue weighted by Gasteiger charge is 2.22. The van der Waals surface area contributed by atoms with Crippen LogP contribution in [0, 0.1) is 0 Å². The summed E-state index contributed by atoms with van der Waals surface area (Å²) in [6.45, 7) is 3.20. The summed E-state index contributed by atoms with van der Waals surface area (Å²) in [5, 5.41) is 10.2. The molecule has 1 fully saturated rings. The van der Waals surface area contributed by atoms with E-state index >= 15 is 0 Å². The number of amides is 2. The van der Waals surface area contributed by atoms with E-state index in [1.807, 2.05) is 41.4 Å². The Labute approximate surface area is 204 Å². The number of benzene rings is 2. The number of carboxylic acid groups (broad SMARTS) is 1. The normalized spacial score (nSPS) is 13.5. The number of carbonyl (C=O) groups is 2. The van der Waals surface area contributed by atoms with Crippen LogP contribution < -0.4 is 20.3 Å². The molecule has 1 aromatic heterocycles. The molecule has 4 rings (SSSR count). The second-order valence-electron chi connectivity index (χ2n) is 8.07. The molecule has 0 spiro atoms. The van der Waals surface area contributed by atoms with Crippen molar-refractivity contribution in [3.63, 3.8) is 0 Å². The smallest absolute Gasteiger partial charge is 0.411 e. The van der Waals surface area contributed by atoms with Crippen molar-refractivity contribution in [1.29, 1.82) is 0 Å². The minimum atomic E-state index is -0.999. The molecule has 0 atom stereocenters. The number of rotatable bonds is 7. The van der Waals surface area contributed by atoms with Gasteiger partial charge in [-0.2, -0.15) is 0 Å². The number of aromatic amines is 1. The molecule has 1 aliphatic heterocycles. The van der Waals surface area contributed by atoms with Crippen molar-refractivity contribution in [2.45, 2.75) is 6.42 Å². The summed E-state index contributed by atoms with van der Waals surface area (Å²) >= 11 is 0. The first-order chi connectivity index (χ1) is 16.0. The lowest BCUT2D eigenvalue weighted by molar-refractivity contribution is -0.133. The molecule has 2 aromatic carbocycles. The lowest BCUT2D eigenvalue weighted by atomic mass is 10.1. The van der Waals surface area contributed by atoms with Gasteiger partial charge in [0.25, 0.3) is 5.91 Å². The van der Waals surface area contributed by atoms with E-state index in [9.17, 15) is 9.59 Å². The van der Waals surface area contributed by atoms with Gasteiger partial charge in [0.1, 0.15) is 5.75 Å². The molecule has 4 N–H and O–H groups in total. The molecule has 9 nitrogen and oxygen atoms in total. The van der Waals surface area contributed by atoms with Crippen LogP contribution in [0.2, 0.25) is 0 Å². The third-order valence-electron chi connectivity index (χ3n) is 6.04. The number of anilines is 2. The average molecular weight is 488 g/mol. The number of piperazine rings is 1. The Morgan fingerprint density at radius 3 is 2.47 bits per heavy atom. The Morgan fingerprint density at radius 2 is 1.82 bits per heavy atom. The molecule has 34 heavy (non-hydrogen) atoms. The van der Waals surface area contributed by atoms with Crippen LogP contribution >= 0.6 is 12.4 Å². The summed E-state index contributed by atoms with van der Waals surface area (Å²) in [7, 11) is 1.51. The monoisotopic (exact) mass is 487 g/mol. The minimum absolute atomic E-state index is 0. The number of nitrogens with two attached hydrogens (primary N) is 1. The largest absolute Gasteiger partial charge is 0.484 e. The van der Waals surface area contributed by atoms with Crippen molar-refractivity contribution in [2.75, 3.05) is 56.2 Å². The molecular weight excluding hydrogens is 458 g/mol. The average Bonchev–Trinajstić information content (AvgIpc) is 3.24. The Balaban J connectivity index is 0.00000324. The summed E-state index contributed by atoms with van der Waals surface area (Å²) < 4.78 is 5.80. The number of fused-ring (bicyclic) bond motifs is 1. The van der Waals surface area contributed by atoms with Crippen molar-refractivity contribution < 1.29 is 19.4 Å². The van der Waals surface area contributed by atoms with E-state index in [4.69, 9.17) is 15.6 Å². The predicted octanol–water partition coefficient (Wildman–Crippen LogP) is 2.93. The summed E-state index contributed by atoms with van der Waals surface area (Å²) in [5.74, 6) is 0.628. The van der Waals surface area contributed by atoms with Gasteiger partial charge >= 0.3 is 6.09 Å². The van der Waals surface area contributed by atoms with E-state index in [1.54, 1.807) is 12.1 Å². The number of hydrogen-bond donors (Lipinski definition) is 3. The molecule has 1 aliphatic rings. The Kier molecular flexibility index (Phi) is 8.25. The fourth-order valence-electron chi connectivity index (χ4n) is 4.06. The number of hydrogen-bond acceptors (Lipinski definition) is 5. The zero-order valence-corrected chi connectivity index (χ0v) is 19.9. The maximum Gasteiger partial charge on any atom is 0.411 e. The number of H-pyrrole nitrogens is 1. The highest BCUT2D eigenvalue weighted by molar-refractivity contribution is 5.86. The Bertz CT molecular complexity index is 1130. The zero-order valence-electron chi connectivity index (χ0n) is 19.1. The van der Waals surface area contributed by atoms with Gasteiger partial charge in [-0.1, -0.05) is 0 Å². The fourth-order valence-corrected chi connectivity index (χ4v) is 4.06. The molecule has 10 heteroatoms. The lowest BCUT2D eigenvalue weighted by Crippen LogP contribution is -2.50. The van der Waals surface area contributed by atoms with Crippen LogP contribution in [0.1, 0.15) is 5.56 Å². The van der Waals surface area contributed by atoms with E-state index in [-0.39, 0.29) is 24.9 Å². The minimum Gasteiger partial charge on any atom is -0.484 e. The highest BCUT2D eigenvalue weighted by Crippen LogP contribution is 2.25. The van der Waals surface area contributed by atoms with Gasteiger partial charge in [0.2, 0.25) is 0 Å². The van der Waals surface area contributed by atoms with Crippen LogP contribution in [0.25, 0.3) is 10.9 Å². The summed E-state index contributed by atoms with van der Waals surface area (Å²) in [6, 6.07) is 13.2. The van der Waals surface area contributed by atoms with Gasteiger partial charge in [-0.25, -0.2) is 4.79 Å². The number of ether oxygens (including phenoxy) is 1. The topological polar surface area (TPSA) is 115 Å². The first-order valence-electron chi connectivity index (χ1n) is 11.0. The van der Waals surface area contributed by atoms with E-state index in [0.29, 0.717) is 44.2 Å². The fraction of sp³-hybridized carbons (Fsp3) is 0.333. The molecule has 2 heterocycles. The number of carbonyl (C=O) groups excluding carboxylic acids is 1. The first kappa shape index (κ1) is 25.2. The molecule has 0 radical (unpaired) electrons. The standard InChI is InChI=1S/C24H29N5O4.ClH/c1-27(24(31)32)18-2-4-19(5-3-18)28-10-12-29(13-11-28)23(30)16-33-20-6-7-22-21(14-20)17(8-9-25)15-26-22;/h2-7,14-15,26H,8-13,16,25H2,1H3,(H,31,32);1H. The van der Waals surface area contributed by atoms with Crippen LogP contribution in [0.3, 0.4) is 0 Å². The SMILES string of the molecule is CN(C(=O)O)c1ccc(N2CCN(C(=O)COc3ccc4[nH]cc(CCN)c4c3)CC2)cc1.Cl. The number of halogens is 1. The number of aromatic nitrogens is 1. The van der Waals surface area contributed by atoms with Crippen LogP contribution in [-0.4, -0.2) is 73.4 Å². The van der Waals surface area contributed by atoms with Gasteiger partial charge in [-0.15, -0.1) is 12.4 Å². The Morgan fingerprint density at radius 1 is 1.12 bits per heavy atom. The first-order valence-corrected chi connectivity index (χ1v) is 11.0. The molecule has 0 saturated carbocycles.